The molecule has 5 atom stereocenters. The summed E-state index contributed by atoms with van der Waals surface area (Å²) >= 11 is 0. The van der Waals surface area contributed by atoms with Crippen molar-refractivity contribution < 1.29 is 23.6 Å². The third-order valence-electron chi connectivity index (χ3n) is 7.46. The van der Waals surface area contributed by atoms with Crippen LogP contribution < -0.4 is 10.6 Å². The molecule has 5 rings (SSSR count). The summed E-state index contributed by atoms with van der Waals surface area (Å²) in [5.74, 6) is -1.38. The topological polar surface area (TPSA) is 114 Å². The molecule has 2 bridgehead atoms. The summed E-state index contributed by atoms with van der Waals surface area (Å²) < 4.78 is 11.6. The van der Waals surface area contributed by atoms with Crippen molar-refractivity contribution in [2.75, 3.05) is 11.9 Å². The molecule has 0 saturated carbocycles. The van der Waals surface area contributed by atoms with E-state index in [0.717, 1.165) is 12.0 Å². The lowest BCUT2D eigenvalue weighted by molar-refractivity contribution is -0.144. The number of fused-ring (bicyclic) bond motifs is 1. The van der Waals surface area contributed by atoms with E-state index in [9.17, 15) is 14.4 Å². The van der Waals surface area contributed by atoms with Crippen molar-refractivity contribution in [3.8, 4) is 0 Å². The van der Waals surface area contributed by atoms with E-state index in [2.05, 4.69) is 29.6 Å². The molecule has 3 amide bonds. The van der Waals surface area contributed by atoms with Gasteiger partial charge in [-0.25, -0.2) is 0 Å². The number of rotatable bonds is 8. The molecule has 1 aromatic carbocycles. The molecule has 1 aromatic heterocycles. The molecule has 3 aliphatic heterocycles. The summed E-state index contributed by atoms with van der Waals surface area (Å²) in [6.07, 6.45) is 4.37. The maximum absolute atomic E-state index is 13.9. The Bertz CT molecular complexity index is 1210. The van der Waals surface area contributed by atoms with E-state index < -0.39 is 29.1 Å². The summed E-state index contributed by atoms with van der Waals surface area (Å²) in [6.45, 7) is 8.41. The lowest BCUT2D eigenvalue weighted by Crippen LogP contribution is -2.54. The predicted molar refractivity (Wildman–Crippen MR) is 131 cm³/mol. The van der Waals surface area contributed by atoms with Gasteiger partial charge in [-0.2, -0.15) is 0 Å². The number of hydrogen-bond acceptors (Lipinski definition) is 6. The van der Waals surface area contributed by atoms with Crippen LogP contribution in [-0.4, -0.2) is 51.6 Å². The van der Waals surface area contributed by atoms with Gasteiger partial charge < -0.3 is 24.8 Å². The number of hydrogen-bond donors (Lipinski definition) is 2. The number of nitrogens with zero attached hydrogens (tertiary/aromatic N) is 2. The van der Waals surface area contributed by atoms with Gasteiger partial charge in [0.25, 0.3) is 0 Å². The summed E-state index contributed by atoms with van der Waals surface area (Å²) in [4.78, 5) is 42.7. The van der Waals surface area contributed by atoms with E-state index in [1.54, 1.807) is 24.8 Å². The molecule has 190 valence electrons. The van der Waals surface area contributed by atoms with Crippen LogP contribution in [0.25, 0.3) is 0 Å². The highest BCUT2D eigenvalue weighted by Crippen LogP contribution is 2.59. The van der Waals surface area contributed by atoms with E-state index >= 15 is 0 Å². The number of likely N-dealkylation sites (tertiary alicyclic amines) is 1. The average Bonchev–Trinajstić information content (AvgIpc) is 3.54. The molecule has 9 heteroatoms. The minimum absolute atomic E-state index is 0.236. The fourth-order valence-electron chi connectivity index (χ4n) is 5.78. The first-order valence-electron chi connectivity index (χ1n) is 12.4. The van der Waals surface area contributed by atoms with Crippen LogP contribution in [0.15, 0.2) is 53.1 Å². The van der Waals surface area contributed by atoms with Crippen molar-refractivity contribution >= 4 is 23.5 Å². The Balaban J connectivity index is 1.46. The third kappa shape index (κ3) is 3.91. The highest BCUT2D eigenvalue weighted by molar-refractivity contribution is 6.03. The van der Waals surface area contributed by atoms with E-state index in [0.29, 0.717) is 24.8 Å². The standard InChI is InChI=1S/C27H32N4O5/c1-16(2)10-13-31-22(24(33)28-15-18-8-6-5-7-9-18)27-12-11-26(4,36-27)20(21(27)25(31)34)23(32)29-19-14-17(3)35-30-19/h5-9,11-12,14,16,20-22H,10,13,15H2,1-4H3,(H,28,33)(H,29,30,32)/t20-,21-,22-,26+,27+/m0/s1. The second-order valence-electron chi connectivity index (χ2n) is 10.6. The Labute approximate surface area is 210 Å². The van der Waals surface area contributed by atoms with Gasteiger partial charge in [0, 0.05) is 19.2 Å². The fourth-order valence-corrected chi connectivity index (χ4v) is 5.78. The highest BCUT2D eigenvalue weighted by Gasteiger charge is 2.76. The van der Waals surface area contributed by atoms with Crippen LogP contribution in [-0.2, 0) is 25.7 Å². The second-order valence-corrected chi connectivity index (χ2v) is 10.6. The van der Waals surface area contributed by atoms with Crippen LogP contribution in [0.2, 0.25) is 0 Å². The first-order chi connectivity index (χ1) is 17.1. The Kier molecular flexibility index (Phi) is 5.98. The van der Waals surface area contributed by atoms with Crippen LogP contribution in [0.4, 0.5) is 5.82 Å². The number of benzene rings is 1. The van der Waals surface area contributed by atoms with Gasteiger partial charge in [0.2, 0.25) is 17.7 Å². The number of carbonyl (C=O) groups is 3. The van der Waals surface area contributed by atoms with Crippen molar-refractivity contribution in [2.24, 2.45) is 17.8 Å². The monoisotopic (exact) mass is 492 g/mol. The van der Waals surface area contributed by atoms with Gasteiger partial charge in [-0.05, 0) is 31.7 Å². The van der Waals surface area contributed by atoms with Crippen molar-refractivity contribution in [2.45, 2.75) is 57.9 Å². The molecule has 2 aromatic rings. The zero-order valence-corrected chi connectivity index (χ0v) is 21.0. The number of nitrogens with one attached hydrogen (secondary N) is 2. The molecule has 2 saturated heterocycles. The number of anilines is 1. The molecular formula is C27H32N4O5. The van der Waals surface area contributed by atoms with Crippen LogP contribution in [0.1, 0.15) is 38.5 Å². The largest absolute Gasteiger partial charge is 0.360 e. The second kappa shape index (κ2) is 8.89. The van der Waals surface area contributed by atoms with Gasteiger partial charge in [0.15, 0.2) is 5.82 Å². The van der Waals surface area contributed by atoms with Crippen molar-refractivity contribution in [1.29, 1.82) is 0 Å². The zero-order chi connectivity index (χ0) is 25.7. The Hall–Kier alpha value is -3.46. The number of amides is 3. The van der Waals surface area contributed by atoms with Crippen LogP contribution in [0.3, 0.4) is 0 Å². The zero-order valence-electron chi connectivity index (χ0n) is 21.0. The Morgan fingerprint density at radius 1 is 1.17 bits per heavy atom. The Morgan fingerprint density at radius 3 is 2.58 bits per heavy atom. The first-order valence-corrected chi connectivity index (χ1v) is 12.4. The lowest BCUT2D eigenvalue weighted by atomic mass is 9.70. The van der Waals surface area contributed by atoms with Crippen LogP contribution >= 0.6 is 0 Å². The predicted octanol–water partition coefficient (Wildman–Crippen LogP) is 2.82. The van der Waals surface area contributed by atoms with Gasteiger partial charge in [0.1, 0.15) is 17.4 Å². The molecular weight excluding hydrogens is 460 g/mol. The van der Waals surface area contributed by atoms with Gasteiger partial charge in [-0.3, -0.25) is 14.4 Å². The van der Waals surface area contributed by atoms with Crippen molar-refractivity contribution in [3.05, 3.63) is 59.9 Å². The minimum Gasteiger partial charge on any atom is -0.360 e. The first kappa shape index (κ1) is 24.2. The maximum atomic E-state index is 13.9. The van der Waals surface area contributed by atoms with E-state index in [4.69, 9.17) is 9.26 Å². The third-order valence-corrected chi connectivity index (χ3v) is 7.46. The summed E-state index contributed by atoms with van der Waals surface area (Å²) in [6, 6.07) is 10.3. The normalized spacial score (nSPS) is 30.2. The van der Waals surface area contributed by atoms with Gasteiger partial charge in [-0.15, -0.1) is 0 Å². The molecule has 36 heavy (non-hydrogen) atoms. The van der Waals surface area contributed by atoms with Gasteiger partial charge in [0.05, 0.1) is 17.4 Å². The quantitative estimate of drug-likeness (QED) is 0.548. The van der Waals surface area contributed by atoms with Crippen molar-refractivity contribution in [3.63, 3.8) is 0 Å². The molecule has 2 N–H and O–H groups in total. The summed E-state index contributed by atoms with van der Waals surface area (Å²) in [7, 11) is 0. The van der Waals surface area contributed by atoms with E-state index in [-0.39, 0.29) is 23.5 Å². The SMILES string of the molecule is Cc1cc(NC(=O)[C@@H]2[C@H]3C(=O)N(CCC(C)C)[C@@H](C(=O)NCc4ccccc4)[C@@]34C=C[C@@]2(C)O4)no1. The molecule has 1 spiro atoms. The molecule has 0 aliphatic carbocycles. The average molecular weight is 493 g/mol. The number of carbonyl (C=O) groups excluding carboxylic acids is 3. The molecule has 4 heterocycles. The highest BCUT2D eigenvalue weighted by atomic mass is 16.5. The smallest absolute Gasteiger partial charge is 0.246 e. The number of aryl methyl sites for hydroxylation is 1. The van der Waals surface area contributed by atoms with Gasteiger partial charge in [-0.1, -0.05) is 61.5 Å². The maximum Gasteiger partial charge on any atom is 0.246 e. The van der Waals surface area contributed by atoms with Crippen molar-refractivity contribution in [1.82, 2.24) is 15.4 Å². The lowest BCUT2D eigenvalue weighted by Gasteiger charge is -2.33. The van der Waals surface area contributed by atoms with Crippen LogP contribution in [0.5, 0.6) is 0 Å². The van der Waals surface area contributed by atoms with Crippen LogP contribution in [0, 0.1) is 24.7 Å². The summed E-state index contributed by atoms with van der Waals surface area (Å²) in [5, 5.41) is 9.62. The number of aromatic nitrogens is 1. The minimum atomic E-state index is -1.22. The fraction of sp³-hybridized carbons (Fsp3) is 0.481. The molecule has 3 aliphatic rings. The number of ether oxygens (including phenoxy) is 1. The summed E-state index contributed by atoms with van der Waals surface area (Å²) in [5.41, 5.74) is -1.28. The molecule has 9 nitrogen and oxygen atoms in total. The van der Waals surface area contributed by atoms with E-state index in [1.807, 2.05) is 42.5 Å². The molecule has 2 fully saturated rings. The van der Waals surface area contributed by atoms with Gasteiger partial charge >= 0.3 is 0 Å². The van der Waals surface area contributed by atoms with E-state index in [1.165, 1.54) is 0 Å². The molecule has 0 radical (unpaired) electrons. The Morgan fingerprint density at radius 2 is 1.92 bits per heavy atom. The molecule has 0 unspecified atom stereocenters.